The van der Waals surface area contributed by atoms with Crippen molar-refractivity contribution in [2.24, 2.45) is 0 Å². The highest BCUT2D eigenvalue weighted by molar-refractivity contribution is 5.77. The van der Waals surface area contributed by atoms with Crippen molar-refractivity contribution in [2.75, 3.05) is 13.7 Å². The lowest BCUT2D eigenvalue weighted by atomic mass is 10.1. The minimum Gasteiger partial charge on any atom is -0.464 e. The van der Waals surface area contributed by atoms with Crippen LogP contribution in [0.1, 0.15) is 12.0 Å². The Morgan fingerprint density at radius 1 is 1.44 bits per heavy atom. The molecule has 16 heavy (non-hydrogen) atoms. The number of benzene rings is 1. The first-order valence-corrected chi connectivity index (χ1v) is 5.28. The molecule has 1 aliphatic heterocycles. The molecule has 1 aliphatic rings. The van der Waals surface area contributed by atoms with Crippen LogP contribution in [0.3, 0.4) is 0 Å². The van der Waals surface area contributed by atoms with Crippen molar-refractivity contribution in [3.05, 3.63) is 35.6 Å². The highest BCUT2D eigenvalue weighted by Crippen LogP contribution is 2.15. The first kappa shape index (κ1) is 11.1. The number of likely N-dealkylation sites (N-methyl/N-ethyl adjacent to an activating group) is 1. The van der Waals surface area contributed by atoms with Crippen molar-refractivity contribution in [1.82, 2.24) is 4.90 Å². The lowest BCUT2D eigenvalue weighted by molar-refractivity contribution is -0.142. The van der Waals surface area contributed by atoms with E-state index >= 15 is 0 Å². The van der Waals surface area contributed by atoms with E-state index in [-0.39, 0.29) is 17.8 Å². The zero-order valence-corrected chi connectivity index (χ0v) is 9.15. The fraction of sp³-hybridized carbons (Fsp3) is 0.417. The van der Waals surface area contributed by atoms with Gasteiger partial charge in [-0.05, 0) is 24.7 Å². The Kier molecular flexibility index (Phi) is 3.19. The third kappa shape index (κ3) is 2.39. The molecule has 2 rings (SSSR count). The number of halogens is 1. The third-order valence-electron chi connectivity index (χ3n) is 2.78. The Morgan fingerprint density at radius 3 is 2.69 bits per heavy atom. The van der Waals surface area contributed by atoms with Gasteiger partial charge in [-0.3, -0.25) is 9.69 Å². The van der Waals surface area contributed by atoms with E-state index < -0.39 is 0 Å². The summed E-state index contributed by atoms with van der Waals surface area (Å²) in [7, 11) is 1.88. The summed E-state index contributed by atoms with van der Waals surface area (Å²) in [5.74, 6) is -0.406. The highest BCUT2D eigenvalue weighted by atomic mass is 19.1. The quantitative estimate of drug-likeness (QED) is 0.728. The molecule has 0 spiro atoms. The number of esters is 1. The van der Waals surface area contributed by atoms with Crippen LogP contribution in [-0.4, -0.2) is 30.6 Å². The van der Waals surface area contributed by atoms with Crippen LogP contribution < -0.4 is 0 Å². The molecule has 0 N–H and O–H groups in total. The van der Waals surface area contributed by atoms with Gasteiger partial charge in [-0.15, -0.1) is 0 Å². The Morgan fingerprint density at radius 2 is 2.12 bits per heavy atom. The molecule has 0 saturated carbocycles. The molecule has 1 aromatic carbocycles. The maximum absolute atomic E-state index is 12.7. The second kappa shape index (κ2) is 4.61. The lowest BCUT2D eigenvalue weighted by Gasteiger charge is -2.20. The molecule has 0 radical (unpaired) electrons. The summed E-state index contributed by atoms with van der Waals surface area (Å²) in [5.41, 5.74) is 0.989. The monoisotopic (exact) mass is 223 g/mol. The fourth-order valence-electron chi connectivity index (χ4n) is 1.87. The van der Waals surface area contributed by atoms with Crippen LogP contribution in [0, 0.1) is 5.82 Å². The maximum Gasteiger partial charge on any atom is 0.323 e. The van der Waals surface area contributed by atoms with Gasteiger partial charge in [0.05, 0.1) is 6.61 Å². The molecule has 3 nitrogen and oxygen atoms in total. The predicted octanol–water partition coefficient (Wildman–Crippen LogP) is 1.57. The zero-order valence-electron chi connectivity index (χ0n) is 9.15. The molecule has 1 fully saturated rings. The number of hydrogen-bond acceptors (Lipinski definition) is 3. The second-order valence-corrected chi connectivity index (χ2v) is 4.01. The van der Waals surface area contributed by atoms with Crippen LogP contribution in [0.5, 0.6) is 0 Å². The topological polar surface area (TPSA) is 29.5 Å². The number of carbonyl (C=O) groups is 1. The molecule has 0 amide bonds. The van der Waals surface area contributed by atoms with Gasteiger partial charge in [0.1, 0.15) is 11.9 Å². The molecule has 1 heterocycles. The van der Waals surface area contributed by atoms with Crippen molar-refractivity contribution in [2.45, 2.75) is 19.0 Å². The van der Waals surface area contributed by atoms with Crippen LogP contribution in [0.25, 0.3) is 0 Å². The molecular formula is C12H14FNO2. The van der Waals surface area contributed by atoms with Gasteiger partial charge in [0.15, 0.2) is 0 Å². The standard InChI is InChI=1S/C12H14FNO2/c1-14(11-6-7-16-12(11)15)8-9-2-4-10(13)5-3-9/h2-5,11H,6-8H2,1H3. The van der Waals surface area contributed by atoms with E-state index in [1.165, 1.54) is 12.1 Å². The summed E-state index contributed by atoms with van der Waals surface area (Å²) in [4.78, 5) is 13.3. The molecular weight excluding hydrogens is 209 g/mol. The Bertz CT molecular complexity index is 377. The summed E-state index contributed by atoms with van der Waals surface area (Å²) >= 11 is 0. The Labute approximate surface area is 93.8 Å². The summed E-state index contributed by atoms with van der Waals surface area (Å²) in [6.45, 7) is 1.12. The van der Waals surface area contributed by atoms with E-state index in [0.29, 0.717) is 13.2 Å². The van der Waals surface area contributed by atoms with Crippen molar-refractivity contribution in [3.63, 3.8) is 0 Å². The van der Waals surface area contributed by atoms with Gasteiger partial charge in [-0.25, -0.2) is 4.39 Å². The van der Waals surface area contributed by atoms with Crippen LogP contribution in [0.15, 0.2) is 24.3 Å². The van der Waals surface area contributed by atoms with Crippen LogP contribution in [-0.2, 0) is 16.1 Å². The molecule has 1 atom stereocenters. The van der Waals surface area contributed by atoms with E-state index in [4.69, 9.17) is 4.74 Å². The van der Waals surface area contributed by atoms with Gasteiger partial charge in [0, 0.05) is 13.0 Å². The maximum atomic E-state index is 12.7. The van der Waals surface area contributed by atoms with Crippen molar-refractivity contribution in [1.29, 1.82) is 0 Å². The van der Waals surface area contributed by atoms with Gasteiger partial charge in [0.25, 0.3) is 0 Å². The highest BCUT2D eigenvalue weighted by Gasteiger charge is 2.29. The van der Waals surface area contributed by atoms with Crippen LogP contribution in [0.2, 0.25) is 0 Å². The summed E-state index contributed by atoms with van der Waals surface area (Å²) < 4.78 is 17.6. The van der Waals surface area contributed by atoms with E-state index in [1.54, 1.807) is 12.1 Å². The van der Waals surface area contributed by atoms with Gasteiger partial charge in [-0.2, -0.15) is 0 Å². The zero-order chi connectivity index (χ0) is 11.5. The predicted molar refractivity (Wildman–Crippen MR) is 57.2 cm³/mol. The molecule has 0 aromatic heterocycles. The van der Waals surface area contributed by atoms with Crippen LogP contribution >= 0.6 is 0 Å². The first-order chi connectivity index (χ1) is 7.66. The summed E-state index contributed by atoms with van der Waals surface area (Å²) in [6, 6.07) is 6.15. The molecule has 86 valence electrons. The van der Waals surface area contributed by atoms with Gasteiger partial charge < -0.3 is 4.74 Å². The number of nitrogens with zero attached hydrogens (tertiary/aromatic N) is 1. The largest absolute Gasteiger partial charge is 0.464 e. The molecule has 0 bridgehead atoms. The summed E-state index contributed by atoms with van der Waals surface area (Å²) in [6.07, 6.45) is 0.733. The first-order valence-electron chi connectivity index (χ1n) is 5.28. The number of ether oxygens (including phenoxy) is 1. The average Bonchev–Trinajstić information content (AvgIpc) is 2.68. The van der Waals surface area contributed by atoms with E-state index in [0.717, 1.165) is 12.0 Å². The smallest absolute Gasteiger partial charge is 0.323 e. The SMILES string of the molecule is CN(Cc1ccc(F)cc1)C1CCOC1=O. The molecule has 1 unspecified atom stereocenters. The van der Waals surface area contributed by atoms with Crippen molar-refractivity contribution >= 4 is 5.97 Å². The normalized spacial score (nSPS) is 20.2. The van der Waals surface area contributed by atoms with Crippen LogP contribution in [0.4, 0.5) is 4.39 Å². The minimum atomic E-state index is -0.244. The van der Waals surface area contributed by atoms with E-state index in [9.17, 15) is 9.18 Å². The van der Waals surface area contributed by atoms with Crippen molar-refractivity contribution in [3.8, 4) is 0 Å². The number of hydrogen-bond donors (Lipinski definition) is 0. The van der Waals surface area contributed by atoms with E-state index in [1.807, 2.05) is 11.9 Å². The Hall–Kier alpha value is -1.42. The van der Waals surface area contributed by atoms with Gasteiger partial charge >= 0.3 is 5.97 Å². The van der Waals surface area contributed by atoms with E-state index in [2.05, 4.69) is 0 Å². The summed E-state index contributed by atoms with van der Waals surface area (Å²) in [5, 5.41) is 0. The number of carbonyl (C=O) groups excluding carboxylic acids is 1. The number of rotatable bonds is 3. The van der Waals surface area contributed by atoms with Gasteiger partial charge in [-0.1, -0.05) is 12.1 Å². The lowest BCUT2D eigenvalue weighted by Crippen LogP contribution is -2.34. The molecule has 0 aliphatic carbocycles. The fourth-order valence-corrected chi connectivity index (χ4v) is 1.87. The molecule has 4 heteroatoms. The number of cyclic esters (lactones) is 1. The Balaban J connectivity index is 1.98. The second-order valence-electron chi connectivity index (χ2n) is 4.01. The average molecular weight is 223 g/mol. The van der Waals surface area contributed by atoms with Gasteiger partial charge in [0.2, 0.25) is 0 Å². The van der Waals surface area contributed by atoms with Crippen molar-refractivity contribution < 1.29 is 13.9 Å². The molecule has 1 saturated heterocycles. The minimum absolute atomic E-state index is 0.162. The third-order valence-corrected chi connectivity index (χ3v) is 2.78. The molecule has 1 aromatic rings.